The SMILES string of the molecule is c1ccc2c(c1)CNC(Nc1cccc3ccccc13)=N2. The molecule has 0 saturated carbocycles. The Kier molecular flexibility index (Phi) is 2.82. The van der Waals surface area contributed by atoms with Gasteiger partial charge in [-0.15, -0.1) is 0 Å². The summed E-state index contributed by atoms with van der Waals surface area (Å²) in [5.41, 5.74) is 3.32. The van der Waals surface area contributed by atoms with Crippen molar-refractivity contribution in [2.75, 3.05) is 5.32 Å². The van der Waals surface area contributed by atoms with Gasteiger partial charge in [-0.1, -0.05) is 54.6 Å². The number of para-hydroxylation sites is 1. The average Bonchev–Trinajstić information content (AvgIpc) is 2.55. The standard InChI is InChI=1S/C18H15N3/c1-3-9-15-13(6-1)8-5-11-17(15)21-18-19-12-14-7-2-4-10-16(14)20-18/h1-11H,12H2,(H2,19,20,21). The minimum Gasteiger partial charge on any atom is -0.352 e. The van der Waals surface area contributed by atoms with Crippen LogP contribution in [-0.2, 0) is 6.54 Å². The van der Waals surface area contributed by atoms with Gasteiger partial charge in [0.1, 0.15) is 0 Å². The highest BCUT2D eigenvalue weighted by atomic mass is 15.2. The maximum atomic E-state index is 4.64. The number of guanidine groups is 1. The quantitative estimate of drug-likeness (QED) is 0.702. The van der Waals surface area contributed by atoms with Gasteiger partial charge in [0.2, 0.25) is 5.96 Å². The third-order valence-electron chi connectivity index (χ3n) is 3.71. The van der Waals surface area contributed by atoms with Crippen LogP contribution >= 0.6 is 0 Å². The van der Waals surface area contributed by atoms with Crippen molar-refractivity contribution in [3.63, 3.8) is 0 Å². The number of nitrogens with zero attached hydrogens (tertiary/aromatic N) is 1. The highest BCUT2D eigenvalue weighted by molar-refractivity contribution is 6.04. The lowest BCUT2D eigenvalue weighted by atomic mass is 10.1. The van der Waals surface area contributed by atoms with E-state index in [0.717, 1.165) is 23.9 Å². The number of benzene rings is 3. The van der Waals surface area contributed by atoms with Crippen LogP contribution in [0.25, 0.3) is 10.8 Å². The largest absolute Gasteiger partial charge is 0.352 e. The van der Waals surface area contributed by atoms with Crippen LogP contribution in [0.15, 0.2) is 71.7 Å². The van der Waals surface area contributed by atoms with E-state index >= 15 is 0 Å². The first-order chi connectivity index (χ1) is 10.4. The Bertz CT molecular complexity index is 831. The number of nitrogens with one attached hydrogen (secondary N) is 2. The van der Waals surface area contributed by atoms with Crippen LogP contribution in [0.3, 0.4) is 0 Å². The average molecular weight is 273 g/mol. The summed E-state index contributed by atoms with van der Waals surface area (Å²) in [6.45, 7) is 0.798. The first-order valence-corrected chi connectivity index (χ1v) is 7.05. The van der Waals surface area contributed by atoms with Gasteiger partial charge in [0.05, 0.1) is 5.69 Å². The molecule has 0 bridgehead atoms. The molecular weight excluding hydrogens is 258 g/mol. The fraction of sp³-hybridized carbons (Fsp3) is 0.0556. The zero-order valence-electron chi connectivity index (χ0n) is 11.5. The van der Waals surface area contributed by atoms with Crippen molar-refractivity contribution in [3.05, 3.63) is 72.3 Å². The van der Waals surface area contributed by atoms with Crippen LogP contribution < -0.4 is 10.6 Å². The number of aliphatic imine (C=N–C) groups is 1. The molecule has 3 nitrogen and oxygen atoms in total. The fourth-order valence-corrected chi connectivity index (χ4v) is 2.64. The molecule has 0 aromatic heterocycles. The zero-order chi connectivity index (χ0) is 14.1. The van der Waals surface area contributed by atoms with Gasteiger partial charge in [-0.05, 0) is 23.1 Å². The van der Waals surface area contributed by atoms with Crippen molar-refractivity contribution < 1.29 is 0 Å². The third kappa shape index (κ3) is 2.23. The summed E-state index contributed by atoms with van der Waals surface area (Å²) in [5, 5.41) is 9.15. The molecule has 2 N–H and O–H groups in total. The van der Waals surface area contributed by atoms with Gasteiger partial charge in [0.25, 0.3) is 0 Å². The Morgan fingerprint density at radius 1 is 0.857 bits per heavy atom. The van der Waals surface area contributed by atoms with E-state index in [1.165, 1.54) is 16.3 Å². The topological polar surface area (TPSA) is 36.4 Å². The first-order valence-electron chi connectivity index (χ1n) is 7.05. The van der Waals surface area contributed by atoms with Crippen LogP contribution in [0, 0.1) is 0 Å². The molecule has 0 atom stereocenters. The molecule has 21 heavy (non-hydrogen) atoms. The summed E-state index contributed by atoms with van der Waals surface area (Å²) in [6, 6.07) is 22.8. The van der Waals surface area contributed by atoms with Crippen molar-refractivity contribution in [2.24, 2.45) is 4.99 Å². The molecule has 1 aliphatic heterocycles. The van der Waals surface area contributed by atoms with Gasteiger partial charge in [-0.2, -0.15) is 0 Å². The van der Waals surface area contributed by atoms with E-state index in [2.05, 4.69) is 64.2 Å². The van der Waals surface area contributed by atoms with Gasteiger partial charge in [0, 0.05) is 17.6 Å². The van der Waals surface area contributed by atoms with E-state index in [-0.39, 0.29) is 0 Å². The van der Waals surface area contributed by atoms with E-state index in [1.54, 1.807) is 0 Å². The summed E-state index contributed by atoms with van der Waals surface area (Å²) >= 11 is 0. The molecular formula is C18H15N3. The molecule has 0 amide bonds. The van der Waals surface area contributed by atoms with Crippen LogP contribution in [0.2, 0.25) is 0 Å². The molecule has 0 saturated heterocycles. The van der Waals surface area contributed by atoms with Crippen molar-refractivity contribution in [1.82, 2.24) is 5.32 Å². The molecule has 3 aromatic rings. The van der Waals surface area contributed by atoms with Crippen LogP contribution in [-0.4, -0.2) is 5.96 Å². The van der Waals surface area contributed by atoms with Crippen molar-refractivity contribution in [3.8, 4) is 0 Å². The van der Waals surface area contributed by atoms with E-state index in [0.29, 0.717) is 0 Å². The fourth-order valence-electron chi connectivity index (χ4n) is 2.64. The predicted molar refractivity (Wildman–Crippen MR) is 87.9 cm³/mol. The number of hydrogen-bond donors (Lipinski definition) is 2. The van der Waals surface area contributed by atoms with Gasteiger partial charge < -0.3 is 10.6 Å². The first kappa shape index (κ1) is 12.0. The Balaban J connectivity index is 1.72. The number of anilines is 1. The predicted octanol–water partition coefficient (Wildman–Crippen LogP) is 4.04. The molecule has 0 radical (unpaired) electrons. The van der Waals surface area contributed by atoms with Gasteiger partial charge in [-0.25, -0.2) is 4.99 Å². The summed E-state index contributed by atoms with van der Waals surface area (Å²) in [7, 11) is 0. The maximum Gasteiger partial charge on any atom is 0.201 e. The van der Waals surface area contributed by atoms with Gasteiger partial charge in [-0.3, -0.25) is 0 Å². The Morgan fingerprint density at radius 2 is 1.67 bits per heavy atom. The Labute approximate surface area is 123 Å². The molecule has 102 valence electrons. The zero-order valence-corrected chi connectivity index (χ0v) is 11.5. The minimum absolute atomic E-state index is 0.796. The summed E-state index contributed by atoms with van der Waals surface area (Å²) in [4.78, 5) is 4.64. The van der Waals surface area contributed by atoms with E-state index in [1.807, 2.05) is 18.2 Å². The summed E-state index contributed by atoms with van der Waals surface area (Å²) < 4.78 is 0. The molecule has 0 aliphatic carbocycles. The molecule has 3 heteroatoms. The van der Waals surface area contributed by atoms with E-state index in [4.69, 9.17) is 0 Å². The molecule has 0 fully saturated rings. The summed E-state index contributed by atoms with van der Waals surface area (Å²) in [6.07, 6.45) is 0. The lowest BCUT2D eigenvalue weighted by molar-refractivity contribution is 0.889. The third-order valence-corrected chi connectivity index (χ3v) is 3.71. The highest BCUT2D eigenvalue weighted by Crippen LogP contribution is 2.25. The van der Waals surface area contributed by atoms with Crippen LogP contribution in [0.1, 0.15) is 5.56 Å². The van der Waals surface area contributed by atoms with Gasteiger partial charge in [0.15, 0.2) is 0 Å². The lowest BCUT2D eigenvalue weighted by Crippen LogP contribution is -2.32. The summed E-state index contributed by atoms with van der Waals surface area (Å²) in [5.74, 6) is 0.796. The Hall–Kier alpha value is -2.81. The van der Waals surface area contributed by atoms with Gasteiger partial charge >= 0.3 is 0 Å². The van der Waals surface area contributed by atoms with Crippen LogP contribution in [0.5, 0.6) is 0 Å². The van der Waals surface area contributed by atoms with Crippen molar-refractivity contribution >= 4 is 28.1 Å². The number of hydrogen-bond acceptors (Lipinski definition) is 3. The lowest BCUT2D eigenvalue weighted by Gasteiger charge is -2.19. The molecule has 0 spiro atoms. The monoisotopic (exact) mass is 273 g/mol. The second kappa shape index (κ2) is 4.94. The second-order valence-electron chi connectivity index (χ2n) is 5.09. The molecule has 0 unspecified atom stereocenters. The highest BCUT2D eigenvalue weighted by Gasteiger charge is 2.11. The number of rotatable bonds is 1. The van der Waals surface area contributed by atoms with E-state index in [9.17, 15) is 0 Å². The Morgan fingerprint density at radius 3 is 2.67 bits per heavy atom. The van der Waals surface area contributed by atoms with E-state index < -0.39 is 0 Å². The molecule has 1 aliphatic rings. The van der Waals surface area contributed by atoms with Crippen molar-refractivity contribution in [2.45, 2.75) is 6.54 Å². The second-order valence-corrected chi connectivity index (χ2v) is 5.09. The molecule has 3 aromatic carbocycles. The smallest absolute Gasteiger partial charge is 0.201 e. The minimum atomic E-state index is 0.796. The van der Waals surface area contributed by atoms with Crippen molar-refractivity contribution in [1.29, 1.82) is 0 Å². The van der Waals surface area contributed by atoms with Crippen LogP contribution in [0.4, 0.5) is 11.4 Å². The maximum absolute atomic E-state index is 4.64. The number of fused-ring (bicyclic) bond motifs is 2. The normalized spacial score (nSPS) is 13.2. The molecule has 1 heterocycles. The molecule has 4 rings (SSSR count).